The predicted molar refractivity (Wildman–Crippen MR) is 51.8 cm³/mol. The molecular formula is C10H17NO3. The van der Waals surface area contributed by atoms with Gasteiger partial charge in [0, 0.05) is 19.0 Å². The van der Waals surface area contributed by atoms with Crippen molar-refractivity contribution < 1.29 is 14.7 Å². The highest BCUT2D eigenvalue weighted by Crippen LogP contribution is 2.22. The molecule has 0 aliphatic carbocycles. The van der Waals surface area contributed by atoms with E-state index in [-0.39, 0.29) is 17.9 Å². The zero-order valence-corrected chi connectivity index (χ0v) is 8.69. The van der Waals surface area contributed by atoms with Gasteiger partial charge in [-0.2, -0.15) is 0 Å². The molecule has 1 heterocycles. The average molecular weight is 199 g/mol. The smallest absolute Gasteiger partial charge is 0.308 e. The van der Waals surface area contributed by atoms with Gasteiger partial charge in [-0.25, -0.2) is 0 Å². The summed E-state index contributed by atoms with van der Waals surface area (Å²) in [4.78, 5) is 24.0. The van der Waals surface area contributed by atoms with E-state index >= 15 is 0 Å². The zero-order chi connectivity index (χ0) is 10.7. The van der Waals surface area contributed by atoms with Gasteiger partial charge in [-0.1, -0.05) is 6.92 Å². The number of carboxylic acid groups (broad SMARTS) is 1. The molecule has 0 spiro atoms. The first-order valence-corrected chi connectivity index (χ1v) is 5.08. The van der Waals surface area contributed by atoms with E-state index in [1.54, 1.807) is 11.8 Å². The Hall–Kier alpha value is -1.06. The summed E-state index contributed by atoms with van der Waals surface area (Å²) in [6.07, 6.45) is 1.93. The third-order valence-corrected chi connectivity index (χ3v) is 2.85. The van der Waals surface area contributed by atoms with Crippen LogP contribution >= 0.6 is 0 Å². The number of hydrogen-bond donors (Lipinski definition) is 1. The molecule has 1 amide bonds. The first kappa shape index (κ1) is 11.0. The number of amides is 1. The van der Waals surface area contributed by atoms with Crippen molar-refractivity contribution in [3.63, 3.8) is 0 Å². The van der Waals surface area contributed by atoms with Crippen LogP contribution in [0, 0.1) is 5.92 Å². The maximum atomic E-state index is 11.5. The molecule has 2 atom stereocenters. The summed E-state index contributed by atoms with van der Waals surface area (Å²) >= 11 is 0. The minimum Gasteiger partial charge on any atom is -0.481 e. The first-order valence-electron chi connectivity index (χ1n) is 5.08. The van der Waals surface area contributed by atoms with Crippen LogP contribution in [0.1, 0.15) is 33.1 Å². The molecule has 1 N–H and O–H groups in total. The van der Waals surface area contributed by atoms with E-state index in [2.05, 4.69) is 0 Å². The van der Waals surface area contributed by atoms with Crippen LogP contribution in [0.3, 0.4) is 0 Å². The van der Waals surface area contributed by atoms with E-state index < -0.39 is 5.97 Å². The van der Waals surface area contributed by atoms with E-state index in [1.165, 1.54) is 0 Å². The van der Waals surface area contributed by atoms with Gasteiger partial charge < -0.3 is 10.0 Å². The van der Waals surface area contributed by atoms with Crippen LogP contribution in [-0.2, 0) is 9.59 Å². The van der Waals surface area contributed by atoms with Crippen molar-refractivity contribution in [2.75, 3.05) is 6.54 Å². The fourth-order valence-corrected chi connectivity index (χ4v) is 1.86. The highest BCUT2D eigenvalue weighted by Gasteiger charge is 2.31. The Morgan fingerprint density at radius 3 is 2.57 bits per heavy atom. The highest BCUT2D eigenvalue weighted by atomic mass is 16.4. The SMILES string of the molecule is CCC(=O)N1C[C@@H](C(=O)O)CC[C@@H]1C. The Bertz CT molecular complexity index is 240. The van der Waals surface area contributed by atoms with Gasteiger partial charge in [0.15, 0.2) is 0 Å². The number of rotatable bonds is 2. The lowest BCUT2D eigenvalue weighted by Gasteiger charge is -2.36. The third kappa shape index (κ3) is 2.25. The molecule has 4 nitrogen and oxygen atoms in total. The molecule has 1 aliphatic rings. The summed E-state index contributed by atoms with van der Waals surface area (Å²) < 4.78 is 0. The maximum absolute atomic E-state index is 11.5. The molecule has 0 unspecified atom stereocenters. The van der Waals surface area contributed by atoms with Crippen LogP contribution in [0.15, 0.2) is 0 Å². The van der Waals surface area contributed by atoms with Crippen molar-refractivity contribution in [1.82, 2.24) is 4.90 Å². The molecule has 0 aromatic carbocycles. The van der Waals surface area contributed by atoms with Gasteiger partial charge in [0.05, 0.1) is 5.92 Å². The lowest BCUT2D eigenvalue weighted by atomic mass is 9.93. The third-order valence-electron chi connectivity index (χ3n) is 2.85. The van der Waals surface area contributed by atoms with Crippen LogP contribution < -0.4 is 0 Å². The summed E-state index contributed by atoms with van der Waals surface area (Å²) in [7, 11) is 0. The van der Waals surface area contributed by atoms with Crippen LogP contribution in [0.25, 0.3) is 0 Å². The fraction of sp³-hybridized carbons (Fsp3) is 0.800. The van der Waals surface area contributed by atoms with E-state index in [0.29, 0.717) is 19.4 Å². The number of carboxylic acids is 1. The van der Waals surface area contributed by atoms with Gasteiger partial charge in [-0.15, -0.1) is 0 Å². The van der Waals surface area contributed by atoms with Crippen molar-refractivity contribution in [2.45, 2.75) is 39.2 Å². The molecular weight excluding hydrogens is 182 g/mol. The number of aliphatic carboxylic acids is 1. The van der Waals surface area contributed by atoms with Gasteiger partial charge in [-0.05, 0) is 19.8 Å². The number of nitrogens with zero attached hydrogens (tertiary/aromatic N) is 1. The fourth-order valence-electron chi connectivity index (χ4n) is 1.86. The Morgan fingerprint density at radius 1 is 1.43 bits per heavy atom. The highest BCUT2D eigenvalue weighted by molar-refractivity contribution is 5.78. The maximum Gasteiger partial charge on any atom is 0.308 e. The van der Waals surface area contributed by atoms with E-state index in [9.17, 15) is 9.59 Å². The molecule has 1 aliphatic heterocycles. The van der Waals surface area contributed by atoms with E-state index in [4.69, 9.17) is 5.11 Å². The second-order valence-corrected chi connectivity index (χ2v) is 3.86. The lowest BCUT2D eigenvalue weighted by Crippen LogP contribution is -2.47. The first-order chi connectivity index (χ1) is 6.56. The second-order valence-electron chi connectivity index (χ2n) is 3.86. The molecule has 1 rings (SSSR count). The molecule has 0 aromatic heterocycles. The van der Waals surface area contributed by atoms with Crippen molar-refractivity contribution in [3.05, 3.63) is 0 Å². The van der Waals surface area contributed by atoms with E-state index in [0.717, 1.165) is 6.42 Å². The van der Waals surface area contributed by atoms with Gasteiger partial charge >= 0.3 is 5.97 Å². The van der Waals surface area contributed by atoms with Crippen molar-refractivity contribution in [3.8, 4) is 0 Å². The minimum absolute atomic E-state index is 0.0588. The molecule has 1 fully saturated rings. The normalized spacial score (nSPS) is 27.4. The van der Waals surface area contributed by atoms with Crippen LogP contribution in [0.4, 0.5) is 0 Å². The Morgan fingerprint density at radius 2 is 2.07 bits per heavy atom. The van der Waals surface area contributed by atoms with Gasteiger partial charge in [0.2, 0.25) is 5.91 Å². The molecule has 1 saturated heterocycles. The number of carbonyl (C=O) groups excluding carboxylic acids is 1. The summed E-state index contributed by atoms with van der Waals surface area (Å²) in [5.74, 6) is -1.10. The average Bonchev–Trinajstić information content (AvgIpc) is 2.17. The topological polar surface area (TPSA) is 57.6 Å². The van der Waals surface area contributed by atoms with Gasteiger partial charge in [0.25, 0.3) is 0 Å². The number of hydrogen-bond acceptors (Lipinski definition) is 2. The molecule has 0 bridgehead atoms. The lowest BCUT2D eigenvalue weighted by molar-refractivity contribution is -0.147. The van der Waals surface area contributed by atoms with E-state index in [1.807, 2.05) is 6.92 Å². The second kappa shape index (κ2) is 4.44. The summed E-state index contributed by atoms with van der Waals surface area (Å²) in [6, 6.07) is 0.193. The van der Waals surface area contributed by atoms with Crippen LogP contribution in [0.2, 0.25) is 0 Å². The monoisotopic (exact) mass is 199 g/mol. The summed E-state index contributed by atoms with van der Waals surface area (Å²) in [6.45, 7) is 4.16. The summed E-state index contributed by atoms with van der Waals surface area (Å²) in [5, 5.41) is 8.86. The Labute approximate surface area is 83.9 Å². The largest absolute Gasteiger partial charge is 0.481 e. The summed E-state index contributed by atoms with van der Waals surface area (Å²) in [5.41, 5.74) is 0. The van der Waals surface area contributed by atoms with Crippen molar-refractivity contribution in [1.29, 1.82) is 0 Å². The zero-order valence-electron chi connectivity index (χ0n) is 8.69. The van der Waals surface area contributed by atoms with Gasteiger partial charge in [-0.3, -0.25) is 9.59 Å². The number of carbonyl (C=O) groups is 2. The molecule has 0 saturated carbocycles. The Balaban J connectivity index is 2.64. The molecule has 14 heavy (non-hydrogen) atoms. The quantitative estimate of drug-likeness (QED) is 0.724. The number of piperidine rings is 1. The van der Waals surface area contributed by atoms with Gasteiger partial charge in [0.1, 0.15) is 0 Å². The molecule has 80 valence electrons. The van der Waals surface area contributed by atoms with Crippen LogP contribution in [-0.4, -0.2) is 34.5 Å². The minimum atomic E-state index is -0.786. The molecule has 4 heteroatoms. The standard InChI is InChI=1S/C10H17NO3/c1-3-9(12)11-6-8(10(13)14)5-4-7(11)2/h7-8H,3-6H2,1-2H3,(H,13,14)/t7-,8-/m0/s1. The van der Waals surface area contributed by atoms with Crippen molar-refractivity contribution >= 4 is 11.9 Å². The Kier molecular flexibility index (Phi) is 3.49. The number of likely N-dealkylation sites (tertiary alicyclic amines) is 1. The van der Waals surface area contributed by atoms with Crippen molar-refractivity contribution in [2.24, 2.45) is 5.92 Å². The molecule has 0 aromatic rings. The van der Waals surface area contributed by atoms with Crippen LogP contribution in [0.5, 0.6) is 0 Å². The molecule has 0 radical (unpaired) electrons. The predicted octanol–water partition coefficient (Wildman–Crippen LogP) is 1.11.